The summed E-state index contributed by atoms with van der Waals surface area (Å²) in [5, 5.41) is 20.1. The van der Waals surface area contributed by atoms with Crippen LogP contribution in [0.4, 0.5) is 5.69 Å². The van der Waals surface area contributed by atoms with E-state index in [-0.39, 0.29) is 16.2 Å². The average molecular weight is 429 g/mol. The van der Waals surface area contributed by atoms with Gasteiger partial charge in [-0.2, -0.15) is 0 Å². The maximum Gasteiger partial charge on any atom is 0.279 e. The van der Waals surface area contributed by atoms with Crippen LogP contribution in [0, 0.1) is 10.1 Å². The van der Waals surface area contributed by atoms with E-state index in [0.717, 1.165) is 31.7 Å². The van der Waals surface area contributed by atoms with Gasteiger partial charge in [-0.05, 0) is 12.1 Å². The second-order valence-corrected chi connectivity index (χ2v) is 7.66. The van der Waals surface area contributed by atoms with Gasteiger partial charge in [0.25, 0.3) is 11.2 Å². The maximum absolute atomic E-state index is 12.7. The first-order valence-electron chi connectivity index (χ1n) is 9.72. The van der Waals surface area contributed by atoms with Crippen molar-refractivity contribution in [2.45, 2.75) is 13.1 Å². The first kappa shape index (κ1) is 20.4. The van der Waals surface area contributed by atoms with E-state index >= 15 is 0 Å². The van der Waals surface area contributed by atoms with Gasteiger partial charge in [0.15, 0.2) is 0 Å². The summed E-state index contributed by atoms with van der Waals surface area (Å²) in [6, 6.07) is 12.0. The quantitative estimate of drug-likeness (QED) is 0.438. The standard InChI is InChI=1S/C20H21ClN6O3/c21-16-5-3-6-17-19(16)20(28)26(23-22-17)13-12-24-8-10-25(11-9-24)14-15-4-1-2-7-18(15)27(29)30/h1-7H,8-14H2. The molecule has 30 heavy (non-hydrogen) atoms. The predicted octanol–water partition coefficient (Wildman–Crippen LogP) is 2.17. The zero-order chi connectivity index (χ0) is 21.1. The van der Waals surface area contributed by atoms with Crippen molar-refractivity contribution in [3.05, 3.63) is 73.5 Å². The average Bonchev–Trinajstić information content (AvgIpc) is 2.74. The number of nitro benzene ring substituents is 1. The molecule has 0 atom stereocenters. The van der Waals surface area contributed by atoms with Gasteiger partial charge in [0.2, 0.25) is 0 Å². The SMILES string of the molecule is O=c1c2c(Cl)cccc2nnn1CCN1CCN(Cc2ccccc2[N+](=O)[O-])CC1. The maximum atomic E-state index is 12.7. The Hall–Kier alpha value is -2.88. The van der Waals surface area contributed by atoms with Gasteiger partial charge in [0.05, 0.1) is 21.9 Å². The van der Waals surface area contributed by atoms with E-state index in [1.54, 1.807) is 36.4 Å². The molecule has 0 bridgehead atoms. The number of nitro groups is 1. The fourth-order valence-electron chi connectivity index (χ4n) is 3.70. The van der Waals surface area contributed by atoms with Crippen LogP contribution < -0.4 is 5.56 Å². The van der Waals surface area contributed by atoms with Crippen molar-refractivity contribution in [1.82, 2.24) is 24.8 Å². The van der Waals surface area contributed by atoms with Crippen molar-refractivity contribution >= 4 is 28.2 Å². The van der Waals surface area contributed by atoms with Crippen molar-refractivity contribution < 1.29 is 4.92 Å². The first-order chi connectivity index (χ1) is 14.5. The van der Waals surface area contributed by atoms with E-state index in [9.17, 15) is 14.9 Å². The Morgan fingerprint density at radius 2 is 1.73 bits per heavy atom. The molecule has 156 valence electrons. The van der Waals surface area contributed by atoms with E-state index in [1.807, 2.05) is 6.07 Å². The lowest BCUT2D eigenvalue weighted by atomic mass is 10.1. The van der Waals surface area contributed by atoms with Gasteiger partial charge >= 0.3 is 0 Å². The van der Waals surface area contributed by atoms with Crippen molar-refractivity contribution in [3.8, 4) is 0 Å². The molecule has 4 rings (SSSR count). The van der Waals surface area contributed by atoms with Gasteiger partial charge in [0, 0.05) is 50.9 Å². The third-order valence-electron chi connectivity index (χ3n) is 5.38. The highest BCUT2D eigenvalue weighted by Gasteiger charge is 2.20. The van der Waals surface area contributed by atoms with Crippen LogP contribution in [-0.2, 0) is 13.1 Å². The van der Waals surface area contributed by atoms with Crippen molar-refractivity contribution in [2.75, 3.05) is 32.7 Å². The Kier molecular flexibility index (Phi) is 6.03. The first-order valence-corrected chi connectivity index (χ1v) is 10.1. The van der Waals surface area contributed by atoms with E-state index in [1.165, 1.54) is 4.68 Å². The summed E-state index contributed by atoms with van der Waals surface area (Å²) in [7, 11) is 0. The minimum Gasteiger partial charge on any atom is -0.299 e. The van der Waals surface area contributed by atoms with Crippen LogP contribution in [0.25, 0.3) is 10.9 Å². The van der Waals surface area contributed by atoms with Crippen LogP contribution in [0.5, 0.6) is 0 Å². The Labute approximate surface area is 177 Å². The Balaban J connectivity index is 1.34. The molecule has 0 saturated carbocycles. The van der Waals surface area contributed by atoms with Crippen LogP contribution in [0.15, 0.2) is 47.3 Å². The zero-order valence-electron chi connectivity index (χ0n) is 16.3. The fraction of sp³-hybridized carbons (Fsp3) is 0.350. The molecule has 3 aromatic rings. The molecule has 2 aromatic carbocycles. The molecule has 0 N–H and O–H groups in total. The molecule has 1 aromatic heterocycles. The number of aromatic nitrogens is 3. The second-order valence-electron chi connectivity index (χ2n) is 7.26. The summed E-state index contributed by atoms with van der Waals surface area (Å²) in [5.41, 5.74) is 1.15. The largest absolute Gasteiger partial charge is 0.299 e. The number of nitrogens with zero attached hydrogens (tertiary/aromatic N) is 6. The fourth-order valence-corrected chi connectivity index (χ4v) is 3.95. The Morgan fingerprint density at radius 1 is 1.00 bits per heavy atom. The molecular formula is C20H21ClN6O3. The molecule has 1 aliphatic rings. The summed E-state index contributed by atoms with van der Waals surface area (Å²) in [4.78, 5) is 28.0. The Bertz CT molecular complexity index is 1130. The summed E-state index contributed by atoms with van der Waals surface area (Å²) < 4.78 is 1.36. The summed E-state index contributed by atoms with van der Waals surface area (Å²) in [6.45, 7) is 4.89. The van der Waals surface area contributed by atoms with Crippen molar-refractivity contribution in [3.63, 3.8) is 0 Å². The third kappa shape index (κ3) is 4.33. The number of hydrogen-bond acceptors (Lipinski definition) is 7. The van der Waals surface area contributed by atoms with Crippen LogP contribution in [0.2, 0.25) is 5.02 Å². The number of halogens is 1. The van der Waals surface area contributed by atoms with Gasteiger partial charge in [0.1, 0.15) is 5.52 Å². The molecule has 0 spiro atoms. The lowest BCUT2D eigenvalue weighted by Crippen LogP contribution is -2.47. The van der Waals surface area contributed by atoms with Crippen molar-refractivity contribution in [2.24, 2.45) is 0 Å². The second kappa shape index (κ2) is 8.86. The smallest absolute Gasteiger partial charge is 0.279 e. The third-order valence-corrected chi connectivity index (χ3v) is 5.69. The molecular weight excluding hydrogens is 408 g/mol. The number of benzene rings is 2. The van der Waals surface area contributed by atoms with E-state index in [0.29, 0.717) is 35.6 Å². The zero-order valence-corrected chi connectivity index (χ0v) is 17.0. The molecule has 9 nitrogen and oxygen atoms in total. The predicted molar refractivity (Wildman–Crippen MR) is 114 cm³/mol. The lowest BCUT2D eigenvalue weighted by molar-refractivity contribution is -0.385. The van der Waals surface area contributed by atoms with Gasteiger partial charge in [-0.25, -0.2) is 4.68 Å². The number of fused-ring (bicyclic) bond motifs is 1. The van der Waals surface area contributed by atoms with E-state index in [2.05, 4.69) is 20.1 Å². The molecule has 1 fully saturated rings. The highest BCUT2D eigenvalue weighted by molar-refractivity contribution is 6.35. The summed E-state index contributed by atoms with van der Waals surface area (Å²) >= 11 is 6.16. The number of para-hydroxylation sites is 1. The summed E-state index contributed by atoms with van der Waals surface area (Å²) in [6.07, 6.45) is 0. The van der Waals surface area contributed by atoms with Crippen LogP contribution in [0.1, 0.15) is 5.56 Å². The summed E-state index contributed by atoms with van der Waals surface area (Å²) in [5.74, 6) is 0. The minimum atomic E-state index is -0.333. The number of piperazine rings is 1. The normalized spacial score (nSPS) is 15.5. The van der Waals surface area contributed by atoms with Gasteiger partial charge < -0.3 is 0 Å². The van der Waals surface area contributed by atoms with Crippen LogP contribution in [0.3, 0.4) is 0 Å². The molecule has 10 heteroatoms. The minimum absolute atomic E-state index is 0.160. The van der Waals surface area contributed by atoms with Gasteiger partial charge in [-0.3, -0.25) is 24.7 Å². The van der Waals surface area contributed by atoms with Crippen molar-refractivity contribution in [1.29, 1.82) is 0 Å². The molecule has 1 aliphatic heterocycles. The molecule has 0 radical (unpaired) electrons. The van der Waals surface area contributed by atoms with Gasteiger partial charge in [-0.1, -0.05) is 41.1 Å². The van der Waals surface area contributed by atoms with E-state index in [4.69, 9.17) is 11.6 Å². The van der Waals surface area contributed by atoms with Crippen LogP contribution in [-0.4, -0.2) is 62.4 Å². The molecule has 1 saturated heterocycles. The number of hydrogen-bond donors (Lipinski definition) is 0. The highest BCUT2D eigenvalue weighted by Crippen LogP contribution is 2.20. The molecule has 0 amide bonds. The highest BCUT2D eigenvalue weighted by atomic mass is 35.5. The van der Waals surface area contributed by atoms with Gasteiger partial charge in [-0.15, -0.1) is 5.10 Å². The van der Waals surface area contributed by atoms with E-state index < -0.39 is 0 Å². The Morgan fingerprint density at radius 3 is 2.50 bits per heavy atom. The molecule has 0 aliphatic carbocycles. The monoisotopic (exact) mass is 428 g/mol. The van der Waals surface area contributed by atoms with Crippen LogP contribution >= 0.6 is 11.6 Å². The topological polar surface area (TPSA) is 97.4 Å². The number of rotatable bonds is 6. The lowest BCUT2D eigenvalue weighted by Gasteiger charge is -2.34. The molecule has 2 heterocycles. The molecule has 0 unspecified atom stereocenters.